The topological polar surface area (TPSA) is 94.7 Å². The number of benzene rings is 4. The smallest absolute Gasteiger partial charge is 0.225 e. The van der Waals surface area contributed by atoms with Gasteiger partial charge in [-0.2, -0.15) is 0 Å². The van der Waals surface area contributed by atoms with E-state index in [-0.39, 0.29) is 35.9 Å². The van der Waals surface area contributed by atoms with E-state index in [2.05, 4.69) is 182 Å². The molecule has 8 rings (SSSR count). The lowest BCUT2D eigenvalue weighted by molar-refractivity contribution is -0.137. The van der Waals surface area contributed by atoms with Gasteiger partial charge in [0.25, 0.3) is 0 Å². The number of hydrogen-bond donors (Lipinski definition) is 2. The van der Waals surface area contributed by atoms with Crippen molar-refractivity contribution in [1.29, 1.82) is 0 Å². The van der Waals surface area contributed by atoms with Crippen LogP contribution in [-0.2, 0) is 40.1 Å². The summed E-state index contributed by atoms with van der Waals surface area (Å²) in [4.78, 5) is 45.7. The zero-order valence-corrected chi connectivity index (χ0v) is 66.9. The van der Waals surface area contributed by atoms with Crippen LogP contribution in [0.25, 0.3) is 0 Å². The van der Waals surface area contributed by atoms with Crippen LogP contribution in [-0.4, -0.2) is 158 Å². The largest absolute Gasteiger partial charge is 0.342 e. The van der Waals surface area contributed by atoms with Crippen molar-refractivity contribution < 1.29 is 14.4 Å². The number of carbonyl (C=O) groups excluding carboxylic acids is 3. The fraction of sp³-hybridized carbons (Fsp3) is 0.662. The maximum atomic E-state index is 12.5. The highest BCUT2D eigenvalue weighted by molar-refractivity contribution is 7.13. The molecule has 6 unspecified atom stereocenters. The van der Waals surface area contributed by atoms with Crippen LogP contribution < -0.4 is 10.6 Å². The standard InChI is InChI=1S/C16H25N2OP.2C16H24N2O.C16H27N2P.8C2H6/c1-13(12-14-6-4-3-5-7-14)17(2)16(19)15-8-10-18(20)11-9-15;2*1-13(12-14-6-4-3-5-7-14)18(2)16(19)15-8-10-17-11-9-15;1-14(12-15-6-4-3-5-7-15)17(2)13-16-8-10-18(19)11-9-16;8*1-2/h3-7,13,15H,8-12,20H2,1-2H3;2*3-7,13,15,17H,8-12H2,1-2H3;3-7,14,16H,8-13,19H2,1-2H3;8*1-2H3. The van der Waals surface area contributed by atoms with Gasteiger partial charge in [-0.25, -0.2) is 0 Å². The summed E-state index contributed by atoms with van der Waals surface area (Å²) in [7, 11) is 13.7. The molecule has 4 fully saturated rings. The molecular formula is C80H148N8O3P2. The van der Waals surface area contributed by atoms with Gasteiger partial charge < -0.3 is 30.2 Å². The van der Waals surface area contributed by atoms with Crippen molar-refractivity contribution in [1.82, 2.24) is 39.6 Å². The maximum absolute atomic E-state index is 12.5. The van der Waals surface area contributed by atoms with Gasteiger partial charge in [-0.15, -0.1) is 0 Å². The summed E-state index contributed by atoms with van der Waals surface area (Å²) in [6.07, 6.45) is 12.5. The molecule has 0 bridgehead atoms. The van der Waals surface area contributed by atoms with Gasteiger partial charge in [-0.05, 0) is 166 Å². The molecule has 2 N–H and O–H groups in total. The van der Waals surface area contributed by atoms with Crippen LogP contribution in [0.2, 0.25) is 0 Å². The Balaban J connectivity index is -0.000000528. The number of piperidine rings is 4. The van der Waals surface area contributed by atoms with E-state index in [1.54, 1.807) is 0 Å². The first kappa shape index (κ1) is 95.3. The highest BCUT2D eigenvalue weighted by Gasteiger charge is 2.30. The third-order valence-corrected chi connectivity index (χ3v) is 17.8. The fourth-order valence-corrected chi connectivity index (χ4v) is 11.5. The molecule has 3 amide bonds. The molecule has 4 aliphatic heterocycles. The lowest BCUT2D eigenvalue weighted by Crippen LogP contribution is -2.43. The van der Waals surface area contributed by atoms with Gasteiger partial charge in [0.05, 0.1) is 0 Å². The quantitative estimate of drug-likeness (QED) is 0.101. The molecule has 0 aromatic heterocycles. The highest BCUT2D eigenvalue weighted by Crippen LogP contribution is 2.24. The lowest BCUT2D eigenvalue weighted by Gasteiger charge is -2.33. The lowest BCUT2D eigenvalue weighted by atomic mass is 9.95. The molecule has 11 nitrogen and oxygen atoms in total. The molecule has 4 aliphatic rings. The second-order valence-corrected chi connectivity index (χ2v) is 24.2. The van der Waals surface area contributed by atoms with Gasteiger partial charge in [-0.3, -0.25) is 23.7 Å². The average Bonchev–Trinajstić information content (AvgIpc) is 3.11. The van der Waals surface area contributed by atoms with E-state index >= 15 is 0 Å². The Morgan fingerprint density at radius 1 is 0.366 bits per heavy atom. The van der Waals surface area contributed by atoms with Crippen molar-refractivity contribution in [2.45, 2.75) is 240 Å². The van der Waals surface area contributed by atoms with Crippen LogP contribution >= 0.6 is 18.8 Å². The fourth-order valence-electron chi connectivity index (χ4n) is 10.9. The molecule has 6 atom stereocenters. The molecule has 93 heavy (non-hydrogen) atoms. The van der Waals surface area contributed by atoms with Gasteiger partial charge >= 0.3 is 0 Å². The van der Waals surface area contributed by atoms with Crippen LogP contribution in [0.5, 0.6) is 0 Å². The SMILES string of the molecule is CC.CC.CC.CC.CC.CC.CC.CC.CC(Cc1ccccc1)N(C)C(=O)C1CCN(P)CC1.CC(Cc1ccccc1)N(C)C(=O)C1CCNCC1.CC(Cc1ccccc1)N(C)C(=O)C1CCNCC1.CC(Cc1ccccc1)N(C)CC1CCN(P)CC1. The van der Waals surface area contributed by atoms with Crippen LogP contribution in [0.1, 0.15) is 212 Å². The molecular weight excluding hydrogens is 1180 g/mol. The van der Waals surface area contributed by atoms with E-state index in [0.29, 0.717) is 23.8 Å². The van der Waals surface area contributed by atoms with Crippen LogP contribution in [0.15, 0.2) is 121 Å². The minimum atomic E-state index is 0.204. The monoisotopic (exact) mass is 1330 g/mol. The summed E-state index contributed by atoms with van der Waals surface area (Å²) >= 11 is 0. The van der Waals surface area contributed by atoms with E-state index in [9.17, 15) is 14.4 Å². The third kappa shape index (κ3) is 42.3. The minimum absolute atomic E-state index is 0.204. The Hall–Kier alpha value is -4.05. The first-order chi connectivity index (χ1) is 45.1. The Labute approximate surface area is 581 Å². The summed E-state index contributed by atoms with van der Waals surface area (Å²) in [5.41, 5.74) is 5.32. The van der Waals surface area contributed by atoms with Gasteiger partial charge in [0.15, 0.2) is 0 Å². The average molecular weight is 1330 g/mol. The maximum Gasteiger partial charge on any atom is 0.225 e. The Morgan fingerprint density at radius 2 is 0.581 bits per heavy atom. The van der Waals surface area contributed by atoms with Crippen LogP contribution in [0, 0.1) is 23.7 Å². The van der Waals surface area contributed by atoms with Crippen LogP contribution in [0.4, 0.5) is 0 Å². The number of hydrogen-bond acceptors (Lipinski definition) is 8. The Kier molecular flexibility index (Phi) is 65.6. The molecule has 13 heteroatoms. The third-order valence-electron chi connectivity index (χ3n) is 16.7. The summed E-state index contributed by atoms with van der Waals surface area (Å²) < 4.78 is 4.58. The molecule has 0 radical (unpaired) electrons. The van der Waals surface area contributed by atoms with E-state index in [4.69, 9.17) is 0 Å². The molecule has 4 aromatic carbocycles. The molecule has 0 saturated carbocycles. The molecule has 536 valence electrons. The number of nitrogens with one attached hydrogen (secondary N) is 2. The Morgan fingerprint density at radius 3 is 0.828 bits per heavy atom. The van der Waals surface area contributed by atoms with Gasteiger partial charge in [0.1, 0.15) is 0 Å². The minimum Gasteiger partial charge on any atom is -0.342 e. The molecule has 4 heterocycles. The number of rotatable bonds is 17. The van der Waals surface area contributed by atoms with E-state index in [1.165, 1.54) is 54.7 Å². The predicted octanol–water partition coefficient (Wildman–Crippen LogP) is 18.0. The summed E-state index contributed by atoms with van der Waals surface area (Å²) in [5.74, 6) is 2.44. The first-order valence-corrected chi connectivity index (χ1v) is 38.2. The number of carbonyl (C=O) groups is 3. The number of nitrogens with zero attached hydrogens (tertiary/aromatic N) is 6. The highest BCUT2D eigenvalue weighted by atomic mass is 31.0. The number of likely N-dealkylation sites (N-methyl/N-ethyl adjacent to an activating group) is 4. The van der Waals surface area contributed by atoms with Crippen molar-refractivity contribution in [3.63, 3.8) is 0 Å². The second kappa shape index (κ2) is 64.0. The zero-order valence-electron chi connectivity index (χ0n) is 64.6. The normalized spacial score (nSPS) is 15.9. The van der Waals surface area contributed by atoms with E-state index < -0.39 is 0 Å². The predicted molar refractivity (Wildman–Crippen MR) is 419 cm³/mol. The van der Waals surface area contributed by atoms with E-state index in [1.807, 2.05) is 165 Å². The Bertz CT molecular complexity index is 2150. The molecule has 4 saturated heterocycles. The van der Waals surface area contributed by atoms with Crippen molar-refractivity contribution in [3.05, 3.63) is 144 Å². The van der Waals surface area contributed by atoms with Crippen molar-refractivity contribution in [2.75, 3.05) is 87.1 Å². The zero-order chi connectivity index (χ0) is 71.5. The number of amides is 3. The van der Waals surface area contributed by atoms with Gasteiger partial charge in [-0.1, -0.05) is 251 Å². The van der Waals surface area contributed by atoms with Gasteiger partial charge in [0.2, 0.25) is 17.7 Å². The molecule has 0 aliphatic carbocycles. The van der Waals surface area contributed by atoms with Crippen molar-refractivity contribution >= 4 is 36.5 Å². The molecule has 4 aromatic rings. The van der Waals surface area contributed by atoms with Gasteiger partial charge in [0, 0.05) is 95.8 Å². The second-order valence-electron chi connectivity index (χ2n) is 22.8. The van der Waals surface area contributed by atoms with Crippen molar-refractivity contribution in [2.24, 2.45) is 23.7 Å². The van der Waals surface area contributed by atoms with Crippen LogP contribution in [0.3, 0.4) is 0 Å². The first-order valence-electron chi connectivity index (χ1n) is 37.2. The summed E-state index contributed by atoms with van der Waals surface area (Å²) in [6, 6.07) is 43.4. The summed E-state index contributed by atoms with van der Waals surface area (Å²) in [6.45, 7) is 50.3. The van der Waals surface area contributed by atoms with E-state index in [0.717, 1.165) is 109 Å². The van der Waals surface area contributed by atoms with Crippen molar-refractivity contribution in [3.8, 4) is 0 Å². The summed E-state index contributed by atoms with van der Waals surface area (Å²) in [5, 5.41) is 6.61. The molecule has 0 spiro atoms.